The van der Waals surface area contributed by atoms with Gasteiger partial charge < -0.3 is 15.4 Å². The van der Waals surface area contributed by atoms with Crippen molar-refractivity contribution in [2.24, 2.45) is 10.1 Å². The van der Waals surface area contributed by atoms with Crippen molar-refractivity contribution in [3.8, 4) is 11.9 Å². The number of hydrogen-bond donors (Lipinski definition) is 2. The molecular formula is C21H19Cl2F3N6O. The summed E-state index contributed by atoms with van der Waals surface area (Å²) in [6.07, 6.45) is -2.92. The highest BCUT2D eigenvalue weighted by Crippen LogP contribution is 2.34. The van der Waals surface area contributed by atoms with Crippen LogP contribution in [0.15, 0.2) is 46.5 Å². The molecule has 0 fully saturated rings. The largest absolute Gasteiger partial charge is 0.497 e. The molecule has 0 aromatic heterocycles. The predicted molar refractivity (Wildman–Crippen MR) is 122 cm³/mol. The van der Waals surface area contributed by atoms with E-state index in [1.807, 2.05) is 6.92 Å². The van der Waals surface area contributed by atoms with Gasteiger partial charge in [0.15, 0.2) is 0 Å². The van der Waals surface area contributed by atoms with E-state index in [1.165, 1.54) is 18.2 Å². The second kappa shape index (κ2) is 10.3. The van der Waals surface area contributed by atoms with Gasteiger partial charge in [-0.3, -0.25) is 0 Å². The number of ether oxygens (including phenoxy) is 1. The molecule has 2 aromatic carbocycles. The highest BCUT2D eigenvalue weighted by Gasteiger charge is 2.33. The lowest BCUT2D eigenvalue weighted by molar-refractivity contribution is -0.137. The van der Waals surface area contributed by atoms with Crippen molar-refractivity contribution in [2.75, 3.05) is 25.5 Å². The summed E-state index contributed by atoms with van der Waals surface area (Å²) in [5.74, 6) is -0.0487. The molecule has 0 spiro atoms. The van der Waals surface area contributed by atoms with E-state index < -0.39 is 11.7 Å². The molecule has 33 heavy (non-hydrogen) atoms. The fourth-order valence-corrected chi connectivity index (χ4v) is 3.53. The van der Waals surface area contributed by atoms with Crippen LogP contribution in [0, 0.1) is 11.5 Å². The van der Waals surface area contributed by atoms with Crippen LogP contribution in [0.5, 0.6) is 5.75 Å². The SMILES string of the molecule is CCNC1CN(/C(=N\C#N)Nc2cc(OC)cc(C(F)(F)F)c2)N=C1c1ccc(Cl)c(Cl)c1. The molecule has 0 bridgehead atoms. The van der Waals surface area contributed by atoms with E-state index in [4.69, 9.17) is 27.9 Å². The zero-order valence-electron chi connectivity index (χ0n) is 17.5. The summed E-state index contributed by atoms with van der Waals surface area (Å²) in [4.78, 5) is 3.74. The Bertz CT molecular complexity index is 1130. The van der Waals surface area contributed by atoms with Crippen molar-refractivity contribution in [1.29, 1.82) is 5.26 Å². The van der Waals surface area contributed by atoms with Crippen LogP contribution < -0.4 is 15.4 Å². The number of hydrazone groups is 1. The Morgan fingerprint density at radius 3 is 2.64 bits per heavy atom. The zero-order valence-corrected chi connectivity index (χ0v) is 19.1. The lowest BCUT2D eigenvalue weighted by Gasteiger charge is -2.19. The number of alkyl halides is 3. The number of nitriles is 1. The molecule has 2 N–H and O–H groups in total. The second-order valence-corrected chi connectivity index (χ2v) is 7.73. The minimum atomic E-state index is -4.58. The van der Waals surface area contributed by atoms with E-state index in [0.717, 1.165) is 12.1 Å². The molecule has 7 nitrogen and oxygen atoms in total. The smallest absolute Gasteiger partial charge is 0.416 e. The molecule has 0 amide bonds. The van der Waals surface area contributed by atoms with E-state index in [2.05, 4.69) is 20.7 Å². The molecule has 3 rings (SSSR count). The summed E-state index contributed by atoms with van der Waals surface area (Å²) >= 11 is 12.2. The monoisotopic (exact) mass is 498 g/mol. The number of benzene rings is 2. The van der Waals surface area contributed by atoms with Gasteiger partial charge in [0.1, 0.15) is 5.75 Å². The van der Waals surface area contributed by atoms with Gasteiger partial charge in [-0.05, 0) is 30.8 Å². The first-order valence-electron chi connectivity index (χ1n) is 9.71. The van der Waals surface area contributed by atoms with E-state index in [1.54, 1.807) is 24.4 Å². The maximum atomic E-state index is 13.3. The summed E-state index contributed by atoms with van der Waals surface area (Å²) in [5.41, 5.74) is 0.445. The number of methoxy groups -OCH3 is 1. The van der Waals surface area contributed by atoms with Gasteiger partial charge in [-0.25, -0.2) is 5.01 Å². The number of guanidine groups is 1. The Labute approximate surface area is 198 Å². The highest BCUT2D eigenvalue weighted by atomic mass is 35.5. The molecule has 1 unspecified atom stereocenters. The van der Waals surface area contributed by atoms with Crippen molar-refractivity contribution < 1.29 is 17.9 Å². The first-order valence-corrected chi connectivity index (χ1v) is 10.5. The predicted octanol–water partition coefficient (Wildman–Crippen LogP) is 4.97. The first kappa shape index (κ1) is 24.6. The molecule has 174 valence electrons. The standard InChI is InChI=1S/C21H19Cl2F3N6O/c1-3-28-18-10-32(31-19(18)12-4-5-16(22)17(23)6-12)20(29-11-27)30-14-7-13(21(24,25)26)8-15(9-14)33-2/h4-9,18,28H,3,10H2,1-2H3,(H,29,30). The van der Waals surface area contributed by atoms with Crippen LogP contribution in [0.2, 0.25) is 10.0 Å². The van der Waals surface area contributed by atoms with Crippen LogP contribution in [0.3, 0.4) is 0 Å². The van der Waals surface area contributed by atoms with Gasteiger partial charge in [0, 0.05) is 17.3 Å². The molecule has 1 atom stereocenters. The van der Waals surface area contributed by atoms with Gasteiger partial charge in [0.2, 0.25) is 12.2 Å². The van der Waals surface area contributed by atoms with E-state index >= 15 is 0 Å². The fraction of sp³-hybridized carbons (Fsp3) is 0.286. The van der Waals surface area contributed by atoms with Crippen LogP contribution in [-0.4, -0.2) is 42.9 Å². The minimum Gasteiger partial charge on any atom is -0.497 e. The van der Waals surface area contributed by atoms with Gasteiger partial charge >= 0.3 is 6.18 Å². The van der Waals surface area contributed by atoms with Crippen molar-refractivity contribution in [3.05, 3.63) is 57.6 Å². The van der Waals surface area contributed by atoms with E-state index in [-0.39, 0.29) is 30.0 Å². The molecule has 1 aliphatic heterocycles. The van der Waals surface area contributed by atoms with E-state index in [0.29, 0.717) is 27.9 Å². The normalized spacial score (nSPS) is 16.4. The highest BCUT2D eigenvalue weighted by molar-refractivity contribution is 6.42. The number of anilines is 1. The summed E-state index contributed by atoms with van der Waals surface area (Å²) in [6, 6.07) is 7.96. The van der Waals surface area contributed by atoms with Crippen molar-refractivity contribution in [1.82, 2.24) is 10.3 Å². The van der Waals surface area contributed by atoms with Crippen molar-refractivity contribution in [2.45, 2.75) is 19.1 Å². The van der Waals surface area contributed by atoms with Crippen LogP contribution in [0.1, 0.15) is 18.1 Å². The Morgan fingerprint density at radius 1 is 1.27 bits per heavy atom. The topological polar surface area (TPSA) is 85.0 Å². The molecule has 12 heteroatoms. The lowest BCUT2D eigenvalue weighted by atomic mass is 10.0. The third kappa shape index (κ3) is 5.87. The van der Waals surface area contributed by atoms with Gasteiger partial charge in [-0.15, -0.1) is 4.99 Å². The first-order chi connectivity index (χ1) is 15.7. The minimum absolute atomic E-state index is 0.00410. The maximum Gasteiger partial charge on any atom is 0.416 e. The van der Waals surface area contributed by atoms with Crippen molar-refractivity contribution >= 4 is 40.6 Å². The number of nitrogens with one attached hydrogen (secondary N) is 2. The van der Waals surface area contributed by atoms with Crippen LogP contribution in [-0.2, 0) is 6.18 Å². The number of halogens is 5. The zero-order chi connectivity index (χ0) is 24.2. The molecule has 2 aromatic rings. The van der Waals surface area contributed by atoms with Crippen LogP contribution in [0.25, 0.3) is 0 Å². The quantitative estimate of drug-likeness (QED) is 0.345. The average Bonchev–Trinajstić information content (AvgIpc) is 3.18. The van der Waals surface area contributed by atoms with E-state index in [9.17, 15) is 18.4 Å². The third-order valence-corrected chi connectivity index (χ3v) is 5.45. The molecule has 1 heterocycles. The Balaban J connectivity index is 1.97. The molecule has 0 saturated heterocycles. The summed E-state index contributed by atoms with van der Waals surface area (Å²) < 4.78 is 44.8. The van der Waals surface area contributed by atoms with Gasteiger partial charge in [0.05, 0.1) is 41.0 Å². The van der Waals surface area contributed by atoms with Crippen LogP contribution in [0.4, 0.5) is 18.9 Å². The van der Waals surface area contributed by atoms with Crippen molar-refractivity contribution in [3.63, 3.8) is 0 Å². The second-order valence-electron chi connectivity index (χ2n) is 6.91. The number of nitrogens with zero attached hydrogens (tertiary/aromatic N) is 4. The Kier molecular flexibility index (Phi) is 7.68. The number of likely N-dealkylation sites (N-methyl/N-ethyl adjacent to an activating group) is 1. The fourth-order valence-electron chi connectivity index (χ4n) is 3.24. The molecule has 1 aliphatic rings. The van der Waals surface area contributed by atoms with Crippen LogP contribution >= 0.6 is 23.2 Å². The molecule has 0 radical (unpaired) electrons. The summed E-state index contributed by atoms with van der Waals surface area (Å²) in [6.45, 7) is 2.82. The lowest BCUT2D eigenvalue weighted by Crippen LogP contribution is -2.41. The Hall–Kier alpha value is -3.00. The number of aliphatic imine (C=N–C) groups is 1. The molecule has 0 aliphatic carbocycles. The van der Waals surface area contributed by atoms with Gasteiger partial charge in [-0.1, -0.05) is 36.2 Å². The number of hydrogen-bond acceptors (Lipinski definition) is 5. The number of rotatable bonds is 5. The molecular weight excluding hydrogens is 480 g/mol. The van der Waals surface area contributed by atoms with Gasteiger partial charge in [0.25, 0.3) is 0 Å². The average molecular weight is 499 g/mol. The summed E-state index contributed by atoms with van der Waals surface area (Å²) in [5, 5.41) is 21.9. The Morgan fingerprint density at radius 2 is 2.03 bits per heavy atom. The van der Waals surface area contributed by atoms with Gasteiger partial charge in [-0.2, -0.15) is 23.5 Å². The summed E-state index contributed by atoms with van der Waals surface area (Å²) in [7, 11) is 1.26. The third-order valence-electron chi connectivity index (χ3n) is 4.71. The maximum absolute atomic E-state index is 13.3. The molecule has 0 saturated carbocycles.